The van der Waals surface area contributed by atoms with Gasteiger partial charge in [-0.25, -0.2) is 0 Å². The van der Waals surface area contributed by atoms with Crippen LogP contribution >= 0.6 is 0 Å². The Morgan fingerprint density at radius 3 is 2.89 bits per heavy atom. The van der Waals surface area contributed by atoms with Crippen molar-refractivity contribution in [3.05, 3.63) is 48.4 Å². The van der Waals surface area contributed by atoms with Gasteiger partial charge in [0.05, 0.1) is 6.04 Å². The van der Waals surface area contributed by atoms with Gasteiger partial charge in [-0.3, -0.25) is 9.48 Å². The first kappa shape index (κ1) is 17.3. The smallest absolute Gasteiger partial charge is 0.278 e. The molecular formula is C19H21N5O3. The fraction of sp³-hybridized carbons (Fsp3) is 0.368. The molecule has 2 aromatic heterocycles. The first-order valence-corrected chi connectivity index (χ1v) is 9.01. The van der Waals surface area contributed by atoms with E-state index in [4.69, 9.17) is 9.26 Å². The summed E-state index contributed by atoms with van der Waals surface area (Å²) in [6.45, 7) is 0.653. The lowest BCUT2D eigenvalue weighted by Gasteiger charge is -2.33. The van der Waals surface area contributed by atoms with Gasteiger partial charge in [0.1, 0.15) is 5.75 Å². The van der Waals surface area contributed by atoms with Crippen LogP contribution in [0, 0.1) is 0 Å². The van der Waals surface area contributed by atoms with Gasteiger partial charge in [0.25, 0.3) is 11.8 Å². The molecule has 1 aromatic carbocycles. The summed E-state index contributed by atoms with van der Waals surface area (Å²) < 4.78 is 12.7. The Balaban J connectivity index is 1.47. The normalized spacial score (nSPS) is 17.1. The zero-order chi connectivity index (χ0) is 18.6. The van der Waals surface area contributed by atoms with E-state index in [0.717, 1.165) is 19.3 Å². The van der Waals surface area contributed by atoms with Gasteiger partial charge in [0.2, 0.25) is 0 Å². The van der Waals surface area contributed by atoms with E-state index in [9.17, 15) is 4.79 Å². The monoisotopic (exact) mass is 367 g/mol. The molecule has 0 aliphatic carbocycles. The van der Waals surface area contributed by atoms with E-state index >= 15 is 0 Å². The molecule has 27 heavy (non-hydrogen) atoms. The highest BCUT2D eigenvalue weighted by Gasteiger charge is 2.32. The van der Waals surface area contributed by atoms with E-state index in [2.05, 4.69) is 15.2 Å². The van der Waals surface area contributed by atoms with Crippen LogP contribution in [0.2, 0.25) is 0 Å². The molecule has 140 valence electrons. The highest BCUT2D eigenvalue weighted by molar-refractivity contribution is 5.78. The minimum absolute atomic E-state index is 0.00847. The molecule has 1 atom stereocenters. The van der Waals surface area contributed by atoms with Gasteiger partial charge in [-0.2, -0.15) is 10.1 Å². The van der Waals surface area contributed by atoms with E-state index < -0.39 is 0 Å². The van der Waals surface area contributed by atoms with Crippen molar-refractivity contribution in [2.24, 2.45) is 7.05 Å². The quantitative estimate of drug-likeness (QED) is 0.689. The molecule has 1 aliphatic heterocycles. The van der Waals surface area contributed by atoms with Crippen molar-refractivity contribution in [2.75, 3.05) is 13.2 Å². The number of aryl methyl sites for hydroxylation is 1. The summed E-state index contributed by atoms with van der Waals surface area (Å²) in [4.78, 5) is 19.0. The van der Waals surface area contributed by atoms with Crippen LogP contribution in [0.1, 0.15) is 31.1 Å². The summed E-state index contributed by atoms with van der Waals surface area (Å²) in [5.74, 6) is 1.48. The molecule has 8 heteroatoms. The van der Waals surface area contributed by atoms with Gasteiger partial charge in [-0.15, -0.1) is 0 Å². The fourth-order valence-electron chi connectivity index (χ4n) is 3.25. The Morgan fingerprint density at radius 2 is 2.11 bits per heavy atom. The highest BCUT2D eigenvalue weighted by Crippen LogP contribution is 2.30. The molecule has 1 unspecified atom stereocenters. The van der Waals surface area contributed by atoms with Crippen molar-refractivity contribution in [2.45, 2.75) is 25.3 Å². The van der Waals surface area contributed by atoms with Crippen molar-refractivity contribution in [1.82, 2.24) is 24.8 Å². The molecule has 1 fully saturated rings. The van der Waals surface area contributed by atoms with Crippen LogP contribution in [0.3, 0.4) is 0 Å². The summed E-state index contributed by atoms with van der Waals surface area (Å²) >= 11 is 0. The topological polar surface area (TPSA) is 86.3 Å². The third-order valence-electron chi connectivity index (χ3n) is 4.60. The zero-order valence-electron chi connectivity index (χ0n) is 15.1. The average Bonchev–Trinajstić information content (AvgIpc) is 3.36. The first-order valence-electron chi connectivity index (χ1n) is 9.01. The Hall–Kier alpha value is -3.16. The number of carbonyl (C=O) groups is 1. The first-order chi connectivity index (χ1) is 13.2. The maximum Gasteiger partial charge on any atom is 0.278 e. The predicted octanol–water partition coefficient (Wildman–Crippen LogP) is 2.60. The van der Waals surface area contributed by atoms with Crippen LogP contribution in [-0.2, 0) is 11.8 Å². The Bertz CT molecular complexity index is 905. The van der Waals surface area contributed by atoms with E-state index in [1.165, 1.54) is 0 Å². The van der Waals surface area contributed by atoms with Crippen molar-refractivity contribution in [3.63, 3.8) is 0 Å². The Kier molecular flexibility index (Phi) is 4.86. The number of amides is 1. The van der Waals surface area contributed by atoms with Gasteiger partial charge in [-0.1, -0.05) is 23.4 Å². The van der Waals surface area contributed by atoms with Gasteiger partial charge in [0, 0.05) is 19.8 Å². The van der Waals surface area contributed by atoms with E-state index in [1.54, 1.807) is 9.58 Å². The fourth-order valence-corrected chi connectivity index (χ4v) is 3.25. The van der Waals surface area contributed by atoms with Crippen LogP contribution in [0.25, 0.3) is 11.6 Å². The number of hydrogen-bond donors (Lipinski definition) is 0. The molecule has 1 amide bonds. The number of para-hydroxylation sites is 1. The molecule has 1 saturated heterocycles. The number of carbonyl (C=O) groups excluding carboxylic acids is 1. The molecule has 0 spiro atoms. The van der Waals surface area contributed by atoms with Gasteiger partial charge in [-0.05, 0) is 37.5 Å². The van der Waals surface area contributed by atoms with Crippen LogP contribution in [0.4, 0.5) is 0 Å². The lowest BCUT2D eigenvalue weighted by atomic mass is 10.0. The number of aromatic nitrogens is 4. The SMILES string of the molecule is Cn1ccc(-c2nc(C3CCCCN3C(=O)COc3ccccc3)no2)n1. The van der Waals surface area contributed by atoms with Crippen molar-refractivity contribution in [1.29, 1.82) is 0 Å². The Morgan fingerprint density at radius 1 is 1.26 bits per heavy atom. The lowest BCUT2D eigenvalue weighted by Crippen LogP contribution is -2.41. The number of benzene rings is 1. The summed E-state index contributed by atoms with van der Waals surface area (Å²) in [6, 6.07) is 10.9. The van der Waals surface area contributed by atoms with Crippen molar-refractivity contribution in [3.8, 4) is 17.3 Å². The second-order valence-electron chi connectivity index (χ2n) is 6.53. The number of nitrogens with zero attached hydrogens (tertiary/aromatic N) is 5. The summed E-state index contributed by atoms with van der Waals surface area (Å²) in [5, 5.41) is 8.38. The lowest BCUT2D eigenvalue weighted by molar-refractivity contribution is -0.137. The number of hydrogen-bond acceptors (Lipinski definition) is 6. The largest absolute Gasteiger partial charge is 0.484 e. The maximum atomic E-state index is 12.7. The van der Waals surface area contributed by atoms with Crippen molar-refractivity contribution >= 4 is 5.91 Å². The molecular weight excluding hydrogens is 346 g/mol. The van der Waals surface area contributed by atoms with Crippen molar-refractivity contribution < 1.29 is 14.1 Å². The molecule has 8 nitrogen and oxygen atoms in total. The molecule has 1 aliphatic rings. The van der Waals surface area contributed by atoms with Crippen LogP contribution in [0.15, 0.2) is 47.1 Å². The van der Waals surface area contributed by atoms with Crippen LogP contribution in [0.5, 0.6) is 5.75 Å². The Labute approximate surface area is 156 Å². The molecule has 3 aromatic rings. The van der Waals surface area contributed by atoms with E-state index in [-0.39, 0.29) is 18.6 Å². The number of piperidine rings is 1. The van der Waals surface area contributed by atoms with E-state index in [0.29, 0.717) is 29.7 Å². The number of ether oxygens (including phenoxy) is 1. The maximum absolute atomic E-state index is 12.7. The molecule has 0 radical (unpaired) electrons. The number of rotatable bonds is 5. The summed E-state index contributed by atoms with van der Waals surface area (Å²) in [5.41, 5.74) is 0.623. The highest BCUT2D eigenvalue weighted by atomic mass is 16.5. The second-order valence-corrected chi connectivity index (χ2v) is 6.53. The standard InChI is InChI=1S/C19H21N5O3/c1-23-12-10-15(21-23)19-20-18(22-27-19)16-9-5-6-11-24(16)17(25)13-26-14-7-3-2-4-8-14/h2-4,7-8,10,12,16H,5-6,9,11,13H2,1H3. The molecule has 3 heterocycles. The predicted molar refractivity (Wildman–Crippen MR) is 96.7 cm³/mol. The molecule has 4 rings (SSSR count). The summed E-state index contributed by atoms with van der Waals surface area (Å²) in [7, 11) is 1.83. The molecule has 0 saturated carbocycles. The average molecular weight is 367 g/mol. The minimum atomic E-state index is -0.202. The van der Waals surface area contributed by atoms with Gasteiger partial charge >= 0.3 is 0 Å². The third kappa shape index (κ3) is 3.84. The minimum Gasteiger partial charge on any atom is -0.484 e. The molecule has 0 bridgehead atoms. The molecule has 0 N–H and O–H groups in total. The third-order valence-corrected chi connectivity index (χ3v) is 4.60. The van der Waals surface area contributed by atoms with Gasteiger partial charge < -0.3 is 14.2 Å². The van der Waals surface area contributed by atoms with Crippen LogP contribution in [-0.4, -0.2) is 43.9 Å². The van der Waals surface area contributed by atoms with E-state index in [1.807, 2.05) is 49.6 Å². The summed E-state index contributed by atoms with van der Waals surface area (Å²) in [6.07, 6.45) is 4.59. The number of likely N-dealkylation sites (tertiary alicyclic amines) is 1. The zero-order valence-corrected chi connectivity index (χ0v) is 15.1. The van der Waals surface area contributed by atoms with Crippen LogP contribution < -0.4 is 4.74 Å². The van der Waals surface area contributed by atoms with Gasteiger partial charge in [0.15, 0.2) is 18.1 Å². The second kappa shape index (κ2) is 7.61.